The molecule has 0 radical (unpaired) electrons. The van der Waals surface area contributed by atoms with Gasteiger partial charge in [0.25, 0.3) is 0 Å². The molecular weight excluding hydrogens is 275 g/mol. The molecular formula is C8H6ClF5OS. The van der Waals surface area contributed by atoms with Gasteiger partial charge in [0.2, 0.25) is 0 Å². The maximum atomic E-state index is 12.4. The van der Waals surface area contributed by atoms with Crippen LogP contribution in [0, 0.1) is 0 Å². The van der Waals surface area contributed by atoms with E-state index in [1.807, 2.05) is 0 Å². The van der Waals surface area contributed by atoms with Crippen LogP contribution in [0.15, 0.2) is 23.1 Å². The summed E-state index contributed by atoms with van der Waals surface area (Å²) in [5.74, 6) is -0.773. The van der Waals surface area contributed by atoms with Gasteiger partial charge in [0, 0.05) is 10.6 Å². The second-order valence-electron chi connectivity index (χ2n) is 3.20. The van der Waals surface area contributed by atoms with Crippen LogP contribution in [0.1, 0.15) is 17.3 Å². The van der Waals surface area contributed by atoms with Crippen molar-refractivity contribution in [3.8, 4) is 0 Å². The maximum Gasteiger partial charge on any atom is 0.310 e. The number of benzene rings is 1. The number of halogens is 6. The third kappa shape index (κ3) is 3.08. The van der Waals surface area contributed by atoms with E-state index in [0.717, 1.165) is 13.0 Å². The molecule has 0 fully saturated rings. The molecule has 1 nitrogen and oxygen atoms in total. The van der Waals surface area contributed by atoms with Crippen molar-refractivity contribution in [2.75, 3.05) is 0 Å². The molecule has 0 N–H and O–H groups in total. The highest BCUT2D eigenvalue weighted by Gasteiger charge is 2.65. The van der Waals surface area contributed by atoms with Crippen LogP contribution >= 0.6 is 21.8 Å². The SMILES string of the molecule is CC(=O)c1cc(Cl)cc(S(F)(F)(F)(F)F)c1. The van der Waals surface area contributed by atoms with Gasteiger partial charge in [-0.1, -0.05) is 31.0 Å². The second kappa shape index (κ2) is 2.89. The van der Waals surface area contributed by atoms with Crippen molar-refractivity contribution >= 4 is 27.6 Å². The molecule has 0 saturated heterocycles. The van der Waals surface area contributed by atoms with E-state index in [9.17, 15) is 24.2 Å². The number of hydrogen-bond acceptors (Lipinski definition) is 1. The number of carbonyl (C=O) groups excluding carboxylic acids is 1. The molecule has 0 spiro atoms. The minimum Gasteiger partial charge on any atom is -0.295 e. The normalized spacial score (nSPS) is 16.4. The molecule has 92 valence electrons. The topological polar surface area (TPSA) is 17.1 Å². The number of carbonyl (C=O) groups is 1. The Kier molecular flexibility index (Phi) is 2.39. The number of hydrogen-bond donors (Lipinski definition) is 0. The molecule has 16 heavy (non-hydrogen) atoms. The van der Waals surface area contributed by atoms with Gasteiger partial charge in [-0.25, -0.2) is 0 Å². The molecule has 1 aromatic carbocycles. The van der Waals surface area contributed by atoms with Gasteiger partial charge in [-0.05, 0) is 25.1 Å². The van der Waals surface area contributed by atoms with Gasteiger partial charge in [0.1, 0.15) is 4.90 Å². The first-order valence-corrected chi connectivity index (χ1v) is 6.18. The highest BCUT2D eigenvalue weighted by atomic mass is 35.5. The summed E-state index contributed by atoms with van der Waals surface area (Å²) in [5, 5.41) is -0.559. The summed E-state index contributed by atoms with van der Waals surface area (Å²) in [6.45, 7) is 0.959. The van der Waals surface area contributed by atoms with E-state index in [1.165, 1.54) is 0 Å². The molecule has 0 aliphatic carbocycles. The molecule has 0 aromatic heterocycles. The van der Waals surface area contributed by atoms with E-state index in [1.54, 1.807) is 0 Å². The Labute approximate surface area is 92.9 Å². The van der Waals surface area contributed by atoms with Crippen molar-refractivity contribution in [1.29, 1.82) is 0 Å². The third-order valence-corrected chi connectivity index (χ3v) is 3.07. The van der Waals surface area contributed by atoms with Gasteiger partial charge in [-0.3, -0.25) is 4.79 Å². The maximum absolute atomic E-state index is 12.4. The highest BCUT2D eigenvalue weighted by molar-refractivity contribution is 8.45. The minimum atomic E-state index is -9.78. The Morgan fingerprint density at radius 1 is 1.12 bits per heavy atom. The van der Waals surface area contributed by atoms with Gasteiger partial charge in [0.15, 0.2) is 5.78 Å². The minimum absolute atomic E-state index is 0.107. The van der Waals surface area contributed by atoms with Crippen LogP contribution in [-0.2, 0) is 0 Å². The average Bonchev–Trinajstić information content (AvgIpc) is 1.98. The zero-order chi connectivity index (χ0) is 12.8. The van der Waals surface area contributed by atoms with Gasteiger partial charge in [-0.2, -0.15) is 0 Å². The van der Waals surface area contributed by atoms with E-state index in [0.29, 0.717) is 0 Å². The molecule has 0 unspecified atom stereocenters. The average molecular weight is 281 g/mol. The van der Waals surface area contributed by atoms with Crippen molar-refractivity contribution in [3.05, 3.63) is 28.8 Å². The Morgan fingerprint density at radius 3 is 2.00 bits per heavy atom. The van der Waals surface area contributed by atoms with E-state index < -0.39 is 31.5 Å². The highest BCUT2D eigenvalue weighted by Crippen LogP contribution is 3.02. The quantitative estimate of drug-likeness (QED) is 0.537. The number of Topliss-reactive ketones (excluding diaryl/α,β-unsaturated/α-hetero) is 1. The summed E-state index contributed by atoms with van der Waals surface area (Å²) in [7, 11) is -9.78. The summed E-state index contributed by atoms with van der Waals surface area (Å²) in [4.78, 5) is 8.67. The predicted octanol–water partition coefficient (Wildman–Crippen LogP) is 5.20. The Balaban J connectivity index is 3.56. The van der Waals surface area contributed by atoms with Crippen LogP contribution in [0.2, 0.25) is 5.02 Å². The fourth-order valence-corrected chi connectivity index (χ4v) is 1.99. The summed E-state index contributed by atoms with van der Waals surface area (Å²) >= 11 is 5.26. The lowest BCUT2D eigenvalue weighted by Gasteiger charge is -2.40. The van der Waals surface area contributed by atoms with Crippen LogP contribution in [0.3, 0.4) is 0 Å². The number of rotatable bonds is 2. The summed E-state index contributed by atoms with van der Waals surface area (Å²) < 4.78 is 62.0. The van der Waals surface area contributed by atoms with Crippen molar-refractivity contribution in [3.63, 3.8) is 0 Å². The number of ketones is 1. The van der Waals surface area contributed by atoms with Gasteiger partial charge in [-0.15, -0.1) is 0 Å². The van der Waals surface area contributed by atoms with Gasteiger partial charge < -0.3 is 0 Å². The van der Waals surface area contributed by atoms with Gasteiger partial charge >= 0.3 is 10.2 Å². The zero-order valence-electron chi connectivity index (χ0n) is 7.82. The van der Waals surface area contributed by atoms with Crippen LogP contribution in [0.5, 0.6) is 0 Å². The fourth-order valence-electron chi connectivity index (χ4n) is 0.989. The lowest BCUT2D eigenvalue weighted by Crippen LogP contribution is -2.07. The standard InChI is InChI=1S/C8H6ClF5OS/c1-5(15)6-2-7(9)4-8(3-6)16(10,11,12,13)14/h2-4H,1H3. The lowest BCUT2D eigenvalue weighted by atomic mass is 10.1. The van der Waals surface area contributed by atoms with E-state index in [4.69, 9.17) is 11.6 Å². The summed E-state index contributed by atoms with van der Waals surface area (Å²) in [6.07, 6.45) is 0. The monoisotopic (exact) mass is 280 g/mol. The zero-order valence-corrected chi connectivity index (χ0v) is 9.39. The molecule has 8 heteroatoms. The second-order valence-corrected chi connectivity index (χ2v) is 6.05. The summed E-state index contributed by atoms with van der Waals surface area (Å²) in [5.41, 5.74) is -0.504. The molecule has 0 amide bonds. The van der Waals surface area contributed by atoms with Crippen LogP contribution < -0.4 is 0 Å². The van der Waals surface area contributed by atoms with Crippen molar-refractivity contribution < 1.29 is 24.2 Å². The van der Waals surface area contributed by atoms with E-state index in [2.05, 4.69) is 0 Å². The van der Waals surface area contributed by atoms with Crippen LogP contribution in [0.25, 0.3) is 0 Å². The smallest absolute Gasteiger partial charge is 0.295 e. The first-order chi connectivity index (χ1) is 6.79. The van der Waals surface area contributed by atoms with Crippen molar-refractivity contribution in [1.82, 2.24) is 0 Å². The molecule has 0 heterocycles. The molecule has 0 bridgehead atoms. The van der Waals surface area contributed by atoms with Crippen molar-refractivity contribution in [2.45, 2.75) is 11.8 Å². The largest absolute Gasteiger partial charge is 0.310 e. The molecule has 1 rings (SSSR count). The van der Waals surface area contributed by atoms with Crippen molar-refractivity contribution in [2.24, 2.45) is 0 Å². The fraction of sp³-hybridized carbons (Fsp3) is 0.125. The first kappa shape index (κ1) is 13.2. The Morgan fingerprint density at radius 2 is 1.62 bits per heavy atom. The van der Waals surface area contributed by atoms with E-state index >= 15 is 0 Å². The Bertz CT molecular complexity index is 466. The molecule has 0 aliphatic heterocycles. The van der Waals surface area contributed by atoms with Gasteiger partial charge in [0.05, 0.1) is 0 Å². The lowest BCUT2D eigenvalue weighted by molar-refractivity contribution is 0.101. The molecule has 0 aliphatic rings. The summed E-state index contributed by atoms with van der Waals surface area (Å²) in [6, 6.07) is 1.11. The first-order valence-electron chi connectivity index (χ1n) is 3.85. The predicted molar refractivity (Wildman–Crippen MR) is 52.9 cm³/mol. The molecule has 0 saturated carbocycles. The Hall–Kier alpha value is -0.820. The molecule has 1 aromatic rings. The molecule has 0 atom stereocenters. The van der Waals surface area contributed by atoms with Crippen LogP contribution in [0.4, 0.5) is 19.4 Å². The van der Waals surface area contributed by atoms with E-state index in [-0.39, 0.29) is 12.1 Å². The third-order valence-electron chi connectivity index (χ3n) is 1.72. The van der Waals surface area contributed by atoms with Crippen LogP contribution in [-0.4, -0.2) is 5.78 Å².